The van der Waals surface area contributed by atoms with E-state index in [-0.39, 0.29) is 24.4 Å². The van der Waals surface area contributed by atoms with Crippen molar-refractivity contribution in [3.8, 4) is 11.5 Å². The number of amides is 1. The van der Waals surface area contributed by atoms with Crippen LogP contribution >= 0.6 is 7.75 Å². The molecule has 33 heavy (non-hydrogen) atoms. The number of sulfonamides is 1. The van der Waals surface area contributed by atoms with Crippen molar-refractivity contribution in [2.75, 3.05) is 13.1 Å². The van der Waals surface area contributed by atoms with Crippen LogP contribution in [0.25, 0.3) is 0 Å². The van der Waals surface area contributed by atoms with Crippen LogP contribution in [0, 0.1) is 0 Å². The van der Waals surface area contributed by atoms with E-state index < -0.39 is 30.0 Å². The zero-order valence-corrected chi connectivity index (χ0v) is 20.9. The van der Waals surface area contributed by atoms with E-state index in [2.05, 4.69) is 4.72 Å². The third-order valence-corrected chi connectivity index (χ3v) is 7.87. The number of benzene rings is 2. The van der Waals surface area contributed by atoms with Gasteiger partial charge < -0.3 is 4.74 Å². The SMILES string of the molecule is CC(C)OP(=O)(OC(C)C)N(C=O)CCCNS(=O)(=O)c1ccc(Oc2ccccc2)cc1. The molecule has 0 aliphatic rings. The van der Waals surface area contributed by atoms with Crippen LogP contribution in [0.1, 0.15) is 34.1 Å². The van der Waals surface area contributed by atoms with Gasteiger partial charge in [-0.05, 0) is 70.5 Å². The van der Waals surface area contributed by atoms with Gasteiger partial charge in [-0.3, -0.25) is 18.5 Å². The lowest BCUT2D eigenvalue weighted by Crippen LogP contribution is -2.30. The summed E-state index contributed by atoms with van der Waals surface area (Å²) in [5.41, 5.74) is 0. The lowest BCUT2D eigenvalue weighted by molar-refractivity contribution is -0.115. The maximum Gasteiger partial charge on any atom is 0.437 e. The second kappa shape index (κ2) is 12.3. The summed E-state index contributed by atoms with van der Waals surface area (Å²) in [4.78, 5) is 11.6. The first-order valence-electron chi connectivity index (χ1n) is 10.6. The fourth-order valence-corrected chi connectivity index (χ4v) is 5.69. The Kier molecular flexibility index (Phi) is 10.1. The average molecular weight is 499 g/mol. The summed E-state index contributed by atoms with van der Waals surface area (Å²) in [7, 11) is -7.61. The van der Waals surface area contributed by atoms with Crippen molar-refractivity contribution >= 4 is 24.2 Å². The number of hydrogen-bond donors (Lipinski definition) is 1. The Balaban J connectivity index is 1.93. The first-order chi connectivity index (χ1) is 15.6. The molecule has 0 fully saturated rings. The van der Waals surface area contributed by atoms with Gasteiger partial charge in [0.25, 0.3) is 0 Å². The number of carbonyl (C=O) groups excluding carboxylic acids is 1. The molecule has 0 aliphatic heterocycles. The fraction of sp³-hybridized carbons (Fsp3) is 0.409. The van der Waals surface area contributed by atoms with E-state index >= 15 is 0 Å². The predicted molar refractivity (Wildman–Crippen MR) is 126 cm³/mol. The maximum absolute atomic E-state index is 13.0. The third kappa shape index (κ3) is 8.57. The number of carbonyl (C=O) groups is 1. The third-order valence-electron chi connectivity index (χ3n) is 4.09. The van der Waals surface area contributed by atoms with Gasteiger partial charge in [0.2, 0.25) is 16.4 Å². The minimum atomic E-state index is -3.84. The molecule has 9 nitrogen and oxygen atoms in total. The van der Waals surface area contributed by atoms with Gasteiger partial charge in [0.05, 0.1) is 17.1 Å². The van der Waals surface area contributed by atoms with Crippen molar-refractivity contribution < 1.29 is 31.6 Å². The Morgan fingerprint density at radius 3 is 2.00 bits per heavy atom. The Bertz CT molecular complexity index is 1010. The molecule has 11 heteroatoms. The molecule has 1 amide bonds. The molecule has 0 saturated carbocycles. The highest BCUT2D eigenvalue weighted by atomic mass is 32.2. The Hall–Kier alpha value is -2.23. The quantitative estimate of drug-likeness (QED) is 0.231. The highest BCUT2D eigenvalue weighted by molar-refractivity contribution is 7.89. The Labute approximate surface area is 195 Å². The molecule has 182 valence electrons. The monoisotopic (exact) mass is 498 g/mol. The van der Waals surface area contributed by atoms with Crippen LogP contribution in [0.2, 0.25) is 0 Å². The number of para-hydroxylation sites is 1. The minimum Gasteiger partial charge on any atom is -0.457 e. The molecule has 0 unspecified atom stereocenters. The van der Waals surface area contributed by atoms with Crippen LogP contribution in [0.5, 0.6) is 11.5 Å². The summed E-state index contributed by atoms with van der Waals surface area (Å²) < 4.78 is 58.1. The molecule has 2 rings (SSSR count). The number of ether oxygens (including phenoxy) is 1. The van der Waals surface area contributed by atoms with Crippen LogP contribution in [0.4, 0.5) is 0 Å². The van der Waals surface area contributed by atoms with Gasteiger partial charge >= 0.3 is 7.75 Å². The zero-order chi connectivity index (χ0) is 24.5. The molecular weight excluding hydrogens is 467 g/mol. The van der Waals surface area contributed by atoms with Crippen molar-refractivity contribution in [2.24, 2.45) is 0 Å². The lowest BCUT2D eigenvalue weighted by atomic mass is 10.3. The number of hydrogen-bond acceptors (Lipinski definition) is 7. The van der Waals surface area contributed by atoms with Crippen LogP contribution in [-0.2, 0) is 28.4 Å². The summed E-state index contributed by atoms with van der Waals surface area (Å²) in [5, 5.41) is 0. The maximum atomic E-state index is 13.0. The number of rotatable bonds is 14. The molecule has 0 saturated heterocycles. The van der Waals surface area contributed by atoms with Crippen molar-refractivity contribution in [1.29, 1.82) is 0 Å². The van der Waals surface area contributed by atoms with Crippen molar-refractivity contribution in [1.82, 2.24) is 9.39 Å². The molecule has 2 aromatic carbocycles. The van der Waals surface area contributed by atoms with Crippen molar-refractivity contribution in [3.05, 3.63) is 54.6 Å². The molecule has 0 spiro atoms. The normalized spacial score (nSPS) is 12.2. The Morgan fingerprint density at radius 1 is 0.939 bits per heavy atom. The summed E-state index contributed by atoms with van der Waals surface area (Å²) in [5.74, 6) is 1.15. The van der Waals surface area contributed by atoms with Gasteiger partial charge in [0.15, 0.2) is 0 Å². The highest BCUT2D eigenvalue weighted by Gasteiger charge is 2.35. The summed E-state index contributed by atoms with van der Waals surface area (Å²) in [6, 6.07) is 15.2. The van der Waals surface area contributed by atoms with Crippen LogP contribution in [-0.4, -0.2) is 44.8 Å². The largest absolute Gasteiger partial charge is 0.457 e. The Morgan fingerprint density at radius 2 is 1.48 bits per heavy atom. The van der Waals surface area contributed by atoms with Crippen LogP contribution < -0.4 is 9.46 Å². The standard InChI is InChI=1S/C22H31N2O7PS/c1-18(2)30-32(26,31-19(3)4)24(17-25)16-8-15-23-33(27,28)22-13-11-21(12-14-22)29-20-9-6-5-7-10-20/h5-7,9-14,17-19,23H,8,15-16H2,1-4H3. The first kappa shape index (κ1) is 27.0. The molecular formula is C22H31N2O7PS. The first-order valence-corrected chi connectivity index (χ1v) is 13.6. The average Bonchev–Trinajstić information content (AvgIpc) is 2.73. The molecule has 2 aromatic rings. The minimum absolute atomic E-state index is 0.00735. The molecule has 0 bridgehead atoms. The van der Waals surface area contributed by atoms with Crippen LogP contribution in [0.15, 0.2) is 59.5 Å². The fourth-order valence-electron chi connectivity index (χ4n) is 2.75. The second-order valence-corrected chi connectivity index (χ2v) is 11.3. The number of nitrogens with zero attached hydrogens (tertiary/aromatic N) is 1. The predicted octanol–water partition coefficient (Wildman–Crippen LogP) is 4.56. The van der Waals surface area contributed by atoms with E-state index in [0.717, 1.165) is 4.67 Å². The smallest absolute Gasteiger partial charge is 0.437 e. The molecule has 0 heterocycles. The van der Waals surface area contributed by atoms with Gasteiger partial charge in [-0.1, -0.05) is 18.2 Å². The lowest BCUT2D eigenvalue weighted by Gasteiger charge is -2.29. The topological polar surface area (TPSA) is 111 Å². The van der Waals surface area contributed by atoms with Crippen molar-refractivity contribution in [2.45, 2.75) is 51.2 Å². The van der Waals surface area contributed by atoms with Crippen LogP contribution in [0.3, 0.4) is 0 Å². The molecule has 0 aliphatic carbocycles. The molecule has 0 aromatic heterocycles. The van der Waals surface area contributed by atoms with E-state index in [9.17, 15) is 17.8 Å². The molecule has 1 N–H and O–H groups in total. The van der Waals surface area contributed by atoms with E-state index in [1.807, 2.05) is 18.2 Å². The zero-order valence-electron chi connectivity index (χ0n) is 19.2. The summed E-state index contributed by atoms with van der Waals surface area (Å²) >= 11 is 0. The van der Waals surface area contributed by atoms with Crippen molar-refractivity contribution in [3.63, 3.8) is 0 Å². The summed E-state index contributed by atoms with van der Waals surface area (Å²) in [6.45, 7) is 6.76. The molecule has 0 atom stereocenters. The number of nitrogens with one attached hydrogen (secondary N) is 1. The van der Waals surface area contributed by atoms with E-state index in [4.69, 9.17) is 13.8 Å². The molecule has 0 radical (unpaired) electrons. The van der Waals surface area contributed by atoms with Gasteiger partial charge in [0, 0.05) is 13.1 Å². The van der Waals surface area contributed by atoms with Gasteiger partial charge in [-0.25, -0.2) is 17.7 Å². The van der Waals surface area contributed by atoms with E-state index in [1.54, 1.807) is 52.0 Å². The summed E-state index contributed by atoms with van der Waals surface area (Å²) in [6.07, 6.45) is -0.250. The van der Waals surface area contributed by atoms with E-state index in [1.165, 1.54) is 12.1 Å². The highest BCUT2D eigenvalue weighted by Crippen LogP contribution is 2.53. The van der Waals surface area contributed by atoms with Gasteiger partial charge in [-0.2, -0.15) is 0 Å². The van der Waals surface area contributed by atoms with E-state index in [0.29, 0.717) is 17.9 Å². The van der Waals surface area contributed by atoms with Gasteiger partial charge in [0.1, 0.15) is 11.5 Å². The second-order valence-electron chi connectivity index (χ2n) is 7.68. The van der Waals surface area contributed by atoms with Gasteiger partial charge in [-0.15, -0.1) is 0 Å².